The Bertz CT molecular complexity index is 848. The summed E-state index contributed by atoms with van der Waals surface area (Å²) >= 11 is 0. The molecule has 0 saturated carbocycles. The highest BCUT2D eigenvalue weighted by Gasteiger charge is 2.54. The van der Waals surface area contributed by atoms with Gasteiger partial charge in [-0.25, -0.2) is 4.79 Å². The number of esters is 1. The Kier molecular flexibility index (Phi) is 5.25. The van der Waals surface area contributed by atoms with E-state index in [9.17, 15) is 19.2 Å². The number of nitrogens with zero attached hydrogens (tertiary/aromatic N) is 2. The van der Waals surface area contributed by atoms with Crippen LogP contribution in [0.3, 0.4) is 0 Å². The maximum absolute atomic E-state index is 13.1. The Morgan fingerprint density at radius 2 is 1.83 bits per heavy atom. The van der Waals surface area contributed by atoms with Gasteiger partial charge in [-0.2, -0.15) is 0 Å². The molecule has 0 aromatic heterocycles. The largest absolute Gasteiger partial charge is 0.454 e. The molecule has 8 nitrogen and oxygen atoms in total. The third-order valence-corrected chi connectivity index (χ3v) is 6.00. The maximum Gasteiger partial charge on any atom is 0.326 e. The number of carbonyl (C=O) groups is 4. The summed E-state index contributed by atoms with van der Waals surface area (Å²) in [5.74, 6) is -1.44. The van der Waals surface area contributed by atoms with E-state index >= 15 is 0 Å². The van der Waals surface area contributed by atoms with Crippen molar-refractivity contribution in [2.45, 2.75) is 44.1 Å². The molecule has 0 bridgehead atoms. The first kappa shape index (κ1) is 19.4. The number of ether oxygens (including phenoxy) is 1. The van der Waals surface area contributed by atoms with Gasteiger partial charge in [0, 0.05) is 13.1 Å². The first-order chi connectivity index (χ1) is 14.0. The number of urea groups is 1. The molecule has 1 aliphatic carbocycles. The molecule has 1 N–H and O–H groups in total. The molecule has 1 aromatic carbocycles. The van der Waals surface area contributed by atoms with Crippen molar-refractivity contribution in [3.05, 3.63) is 35.4 Å². The number of imide groups is 1. The van der Waals surface area contributed by atoms with E-state index in [0.717, 1.165) is 48.1 Å². The highest BCUT2D eigenvalue weighted by Crippen LogP contribution is 2.39. The number of carbonyl (C=O) groups excluding carboxylic acids is 4. The number of hydrogen-bond donors (Lipinski definition) is 1. The Morgan fingerprint density at radius 1 is 1.07 bits per heavy atom. The third-order valence-electron chi connectivity index (χ3n) is 6.00. The highest BCUT2D eigenvalue weighted by atomic mass is 16.5. The quantitative estimate of drug-likeness (QED) is 0.609. The summed E-state index contributed by atoms with van der Waals surface area (Å²) in [4.78, 5) is 52.6. The molecule has 4 rings (SSSR count). The predicted molar refractivity (Wildman–Crippen MR) is 103 cm³/mol. The fourth-order valence-corrected chi connectivity index (χ4v) is 4.51. The number of amides is 4. The Labute approximate surface area is 169 Å². The molecule has 8 heteroatoms. The second-order valence-corrected chi connectivity index (χ2v) is 7.84. The minimum atomic E-state index is -1.12. The van der Waals surface area contributed by atoms with Gasteiger partial charge in [-0.05, 0) is 49.7 Å². The molecular weight excluding hydrogens is 374 g/mol. The zero-order valence-corrected chi connectivity index (χ0v) is 16.3. The van der Waals surface area contributed by atoms with Crippen LogP contribution in [0.25, 0.3) is 0 Å². The standard InChI is InChI=1S/C21H25N3O5/c25-17(23-11-4-1-5-12-23)14-29-18(26)13-24-19(27)21(22-20(24)28)10-6-8-15-7-2-3-9-16(15)21/h2-3,7,9H,1,4-6,8,10-14H2,(H,22,28). The number of fused-ring (bicyclic) bond motifs is 2. The lowest BCUT2D eigenvalue weighted by Gasteiger charge is -2.33. The van der Waals surface area contributed by atoms with Crippen LogP contribution in [-0.4, -0.2) is 59.9 Å². The lowest BCUT2D eigenvalue weighted by atomic mass is 9.76. The number of rotatable bonds is 4. The molecule has 2 saturated heterocycles. The topological polar surface area (TPSA) is 96.0 Å². The number of aryl methyl sites for hydroxylation is 1. The van der Waals surface area contributed by atoms with Crippen LogP contribution in [0.2, 0.25) is 0 Å². The first-order valence-electron chi connectivity index (χ1n) is 10.2. The van der Waals surface area contributed by atoms with Crippen molar-refractivity contribution < 1.29 is 23.9 Å². The first-order valence-corrected chi connectivity index (χ1v) is 10.2. The van der Waals surface area contributed by atoms with Gasteiger partial charge in [0.25, 0.3) is 11.8 Å². The molecule has 154 valence electrons. The van der Waals surface area contributed by atoms with Gasteiger partial charge in [-0.1, -0.05) is 24.3 Å². The van der Waals surface area contributed by atoms with Gasteiger partial charge < -0.3 is 15.0 Å². The highest BCUT2D eigenvalue weighted by molar-refractivity contribution is 6.09. The maximum atomic E-state index is 13.1. The molecule has 29 heavy (non-hydrogen) atoms. The van der Waals surface area contributed by atoms with Crippen LogP contribution in [0.15, 0.2) is 24.3 Å². The van der Waals surface area contributed by atoms with Crippen molar-refractivity contribution in [2.24, 2.45) is 0 Å². The van der Waals surface area contributed by atoms with Gasteiger partial charge in [0.15, 0.2) is 6.61 Å². The van der Waals surface area contributed by atoms with Crippen molar-refractivity contribution in [3.8, 4) is 0 Å². The molecule has 1 unspecified atom stereocenters. The Hall–Kier alpha value is -2.90. The van der Waals surface area contributed by atoms with E-state index in [2.05, 4.69) is 5.32 Å². The van der Waals surface area contributed by atoms with E-state index in [1.54, 1.807) is 4.90 Å². The fraction of sp³-hybridized carbons (Fsp3) is 0.524. The molecule has 2 fully saturated rings. The van der Waals surface area contributed by atoms with Crippen LogP contribution < -0.4 is 5.32 Å². The third kappa shape index (κ3) is 3.59. The van der Waals surface area contributed by atoms with E-state index in [-0.39, 0.29) is 12.5 Å². The zero-order chi connectivity index (χ0) is 20.4. The molecule has 0 radical (unpaired) electrons. The lowest BCUT2D eigenvalue weighted by molar-refractivity contribution is -0.154. The smallest absolute Gasteiger partial charge is 0.326 e. The van der Waals surface area contributed by atoms with Crippen LogP contribution in [-0.2, 0) is 31.1 Å². The molecule has 2 heterocycles. The minimum absolute atomic E-state index is 0.243. The minimum Gasteiger partial charge on any atom is -0.454 e. The van der Waals surface area contributed by atoms with Crippen LogP contribution in [0, 0.1) is 0 Å². The molecule has 4 amide bonds. The van der Waals surface area contributed by atoms with Crippen molar-refractivity contribution in [2.75, 3.05) is 26.2 Å². The number of hydrogen-bond acceptors (Lipinski definition) is 5. The van der Waals surface area contributed by atoms with Crippen molar-refractivity contribution in [1.29, 1.82) is 0 Å². The van der Waals surface area contributed by atoms with Gasteiger partial charge >= 0.3 is 12.0 Å². The van der Waals surface area contributed by atoms with Crippen LogP contribution >= 0.6 is 0 Å². The monoisotopic (exact) mass is 399 g/mol. The van der Waals surface area contributed by atoms with Crippen LogP contribution in [0.4, 0.5) is 4.79 Å². The summed E-state index contributed by atoms with van der Waals surface area (Å²) in [6.07, 6.45) is 5.11. The summed E-state index contributed by atoms with van der Waals surface area (Å²) in [6, 6.07) is 6.96. The fourth-order valence-electron chi connectivity index (χ4n) is 4.51. The van der Waals surface area contributed by atoms with Crippen LogP contribution in [0.5, 0.6) is 0 Å². The van der Waals surface area contributed by atoms with Gasteiger partial charge in [0.2, 0.25) is 0 Å². The van der Waals surface area contributed by atoms with E-state index in [1.807, 2.05) is 24.3 Å². The molecule has 1 atom stereocenters. The molecular formula is C21H25N3O5. The average molecular weight is 399 g/mol. The number of nitrogens with one attached hydrogen (secondary N) is 1. The van der Waals surface area contributed by atoms with E-state index in [1.165, 1.54) is 0 Å². The lowest BCUT2D eigenvalue weighted by Crippen LogP contribution is -2.47. The zero-order valence-electron chi connectivity index (χ0n) is 16.3. The number of piperidine rings is 1. The molecule has 1 aromatic rings. The summed E-state index contributed by atoms with van der Waals surface area (Å²) in [7, 11) is 0. The average Bonchev–Trinajstić information content (AvgIpc) is 2.97. The molecule has 2 aliphatic heterocycles. The van der Waals surface area contributed by atoms with Crippen molar-refractivity contribution in [1.82, 2.24) is 15.1 Å². The Balaban J connectivity index is 1.40. The van der Waals surface area contributed by atoms with Gasteiger partial charge in [0.05, 0.1) is 0 Å². The van der Waals surface area contributed by atoms with Gasteiger partial charge in [0.1, 0.15) is 12.1 Å². The summed E-state index contributed by atoms with van der Waals surface area (Å²) in [5.41, 5.74) is 0.709. The normalized spacial score (nSPS) is 23.7. The van der Waals surface area contributed by atoms with Crippen molar-refractivity contribution >= 4 is 23.8 Å². The van der Waals surface area contributed by atoms with E-state index < -0.39 is 30.0 Å². The SMILES string of the molecule is O=C(CN1C(=O)NC2(CCCc3ccccc32)C1=O)OCC(=O)N1CCCCC1. The predicted octanol–water partition coefficient (Wildman–Crippen LogP) is 1.33. The van der Waals surface area contributed by atoms with E-state index in [0.29, 0.717) is 19.5 Å². The summed E-state index contributed by atoms with van der Waals surface area (Å²) < 4.78 is 5.06. The number of likely N-dealkylation sites (tertiary alicyclic amines) is 1. The summed E-state index contributed by atoms with van der Waals surface area (Å²) in [6.45, 7) is 0.481. The van der Waals surface area contributed by atoms with E-state index in [4.69, 9.17) is 4.74 Å². The van der Waals surface area contributed by atoms with Crippen molar-refractivity contribution in [3.63, 3.8) is 0 Å². The van der Waals surface area contributed by atoms with Gasteiger partial charge in [-0.3, -0.25) is 19.3 Å². The number of benzene rings is 1. The van der Waals surface area contributed by atoms with Gasteiger partial charge in [-0.15, -0.1) is 0 Å². The molecule has 1 spiro atoms. The van der Waals surface area contributed by atoms with Crippen LogP contribution in [0.1, 0.15) is 43.2 Å². The summed E-state index contributed by atoms with van der Waals surface area (Å²) in [5, 5.41) is 2.80. The molecule has 3 aliphatic rings. The second kappa shape index (κ2) is 7.85. The second-order valence-electron chi connectivity index (χ2n) is 7.84. The Morgan fingerprint density at radius 3 is 2.62 bits per heavy atom.